The van der Waals surface area contributed by atoms with Crippen molar-refractivity contribution < 1.29 is 22.8 Å². The van der Waals surface area contributed by atoms with Crippen LogP contribution in [0, 0.1) is 0 Å². The predicted octanol–water partition coefficient (Wildman–Crippen LogP) is 3.50. The lowest BCUT2D eigenvalue weighted by Crippen LogP contribution is -2.59. The number of amides is 2. The van der Waals surface area contributed by atoms with Gasteiger partial charge in [-0.1, -0.05) is 60.3 Å². The number of benzene rings is 2. The van der Waals surface area contributed by atoms with Crippen LogP contribution in [-0.2, 0) is 26.3 Å². The Kier molecular flexibility index (Phi) is 8.43. The number of hydrogen-bond acceptors (Lipinski definition) is 7. The molecule has 5 rings (SSSR count). The van der Waals surface area contributed by atoms with E-state index in [9.17, 15) is 18.0 Å². The van der Waals surface area contributed by atoms with E-state index in [0.29, 0.717) is 40.4 Å². The van der Waals surface area contributed by atoms with Crippen molar-refractivity contribution in [3.8, 4) is 0 Å². The largest absolute Gasteiger partial charge is 0.326 e. The van der Waals surface area contributed by atoms with Crippen molar-refractivity contribution in [1.82, 2.24) is 30.3 Å². The van der Waals surface area contributed by atoms with Gasteiger partial charge in [0, 0.05) is 27.7 Å². The summed E-state index contributed by atoms with van der Waals surface area (Å²) < 4.78 is 27.3. The number of sulfonamides is 1. The third-order valence-corrected chi connectivity index (χ3v) is 8.52. The van der Waals surface area contributed by atoms with Gasteiger partial charge in [-0.05, 0) is 42.2 Å². The van der Waals surface area contributed by atoms with Crippen LogP contribution in [0.3, 0.4) is 0 Å². The normalized spacial score (nSPS) is 23.1. The van der Waals surface area contributed by atoms with Crippen LogP contribution in [0.25, 0.3) is 0 Å². The lowest BCUT2D eigenvalue weighted by molar-refractivity contribution is -0.138. The zero-order chi connectivity index (χ0) is 28.4. The van der Waals surface area contributed by atoms with Crippen LogP contribution in [0.2, 0.25) is 10.0 Å². The summed E-state index contributed by atoms with van der Waals surface area (Å²) in [6.45, 7) is -0.0817. The van der Waals surface area contributed by atoms with Crippen LogP contribution in [0.5, 0.6) is 0 Å². The standard InChI is InChI=1S/C26H28Cl2N6O5S/c1-40(37,38)33-20-8-4-5-9-21(20)34-24(18-11-10-15(27)12-19(18)28)23(16-6-2-3-7-17(16)26(34)36)25(35)32-39-13-22-29-14-30-31-22/h2-3,6-7,10-12,14,20-21,23-24,33H,4-5,8-9,13H2,1H3,(H,32,35)(H,29,30,31)/t20-,21?,23+,24-/m0/s1. The smallest absolute Gasteiger partial charge is 0.255 e. The molecule has 3 aromatic rings. The molecular formula is C26H28Cl2N6O5S. The van der Waals surface area contributed by atoms with E-state index < -0.39 is 40.0 Å². The fourth-order valence-electron chi connectivity index (χ4n) is 5.67. The second-order valence-corrected chi connectivity index (χ2v) is 12.5. The molecule has 0 bridgehead atoms. The van der Waals surface area contributed by atoms with Gasteiger partial charge in [0.1, 0.15) is 12.9 Å². The number of halogens is 2. The van der Waals surface area contributed by atoms with Crippen LogP contribution in [0.4, 0.5) is 0 Å². The Morgan fingerprint density at radius 3 is 2.65 bits per heavy atom. The van der Waals surface area contributed by atoms with Gasteiger partial charge in [-0.3, -0.25) is 19.5 Å². The Bertz CT molecular complexity index is 1500. The van der Waals surface area contributed by atoms with Crippen molar-refractivity contribution in [2.75, 3.05) is 6.26 Å². The number of hydroxylamine groups is 1. The van der Waals surface area contributed by atoms with Crippen molar-refractivity contribution in [2.24, 2.45) is 0 Å². The second kappa shape index (κ2) is 11.8. The first kappa shape index (κ1) is 28.5. The van der Waals surface area contributed by atoms with E-state index in [1.165, 1.54) is 6.33 Å². The number of fused-ring (bicyclic) bond motifs is 1. The minimum Gasteiger partial charge on any atom is -0.326 e. The van der Waals surface area contributed by atoms with Crippen molar-refractivity contribution in [3.63, 3.8) is 0 Å². The third kappa shape index (κ3) is 6.01. The Hall–Kier alpha value is -3.03. The van der Waals surface area contributed by atoms with E-state index in [4.69, 9.17) is 28.0 Å². The topological polar surface area (TPSA) is 146 Å². The molecule has 1 aliphatic carbocycles. The van der Waals surface area contributed by atoms with Crippen LogP contribution < -0.4 is 10.2 Å². The quantitative estimate of drug-likeness (QED) is 0.332. The summed E-state index contributed by atoms with van der Waals surface area (Å²) in [5.41, 5.74) is 3.86. The SMILES string of the molecule is CS(=O)(=O)N[C@H]1CCCCC1N1C(=O)c2ccccc2[C@@H](C(=O)NOCc2nc[nH]n2)[C@@H]1c1ccc(Cl)cc1Cl. The maximum absolute atomic E-state index is 14.2. The summed E-state index contributed by atoms with van der Waals surface area (Å²) in [5, 5.41) is 7.16. The number of aromatic amines is 1. The maximum Gasteiger partial charge on any atom is 0.255 e. The second-order valence-electron chi connectivity index (χ2n) is 9.91. The molecule has 4 atom stereocenters. The van der Waals surface area contributed by atoms with Crippen molar-refractivity contribution in [2.45, 2.75) is 56.3 Å². The zero-order valence-corrected chi connectivity index (χ0v) is 23.8. The fraction of sp³-hybridized carbons (Fsp3) is 0.385. The van der Waals surface area contributed by atoms with E-state index in [1.54, 1.807) is 47.4 Å². The monoisotopic (exact) mass is 606 g/mol. The fourth-order valence-corrected chi connectivity index (χ4v) is 7.01. The number of carbonyl (C=O) groups is 2. The number of rotatable bonds is 8. The Labute approximate surface area is 241 Å². The van der Waals surface area contributed by atoms with Crippen molar-refractivity contribution in [3.05, 3.63) is 81.4 Å². The summed E-state index contributed by atoms with van der Waals surface area (Å²) in [5.74, 6) is -1.43. The molecule has 1 fully saturated rings. The number of aromatic nitrogens is 3. The summed E-state index contributed by atoms with van der Waals surface area (Å²) in [7, 11) is -3.58. The molecular weight excluding hydrogens is 579 g/mol. The number of hydrogen-bond donors (Lipinski definition) is 3. The highest BCUT2D eigenvalue weighted by molar-refractivity contribution is 7.88. The Balaban J connectivity index is 1.61. The molecule has 3 N–H and O–H groups in total. The Morgan fingerprint density at radius 1 is 1.15 bits per heavy atom. The average Bonchev–Trinajstić information content (AvgIpc) is 3.42. The van der Waals surface area contributed by atoms with Gasteiger partial charge in [-0.15, -0.1) is 0 Å². The van der Waals surface area contributed by atoms with Gasteiger partial charge in [0.25, 0.3) is 11.8 Å². The first-order chi connectivity index (χ1) is 19.1. The lowest BCUT2D eigenvalue weighted by Gasteiger charge is -2.49. The van der Waals surface area contributed by atoms with Gasteiger partial charge in [0.2, 0.25) is 10.0 Å². The highest BCUT2D eigenvalue weighted by atomic mass is 35.5. The first-order valence-electron chi connectivity index (χ1n) is 12.7. The van der Waals surface area contributed by atoms with Crippen LogP contribution in [-0.4, -0.2) is 58.7 Å². The van der Waals surface area contributed by atoms with E-state index in [-0.39, 0.29) is 17.5 Å². The summed E-state index contributed by atoms with van der Waals surface area (Å²) in [4.78, 5) is 39.2. The van der Waals surface area contributed by atoms with Crippen molar-refractivity contribution >= 4 is 45.0 Å². The van der Waals surface area contributed by atoms with Gasteiger partial charge in [0.05, 0.1) is 18.2 Å². The van der Waals surface area contributed by atoms with Gasteiger partial charge in [-0.25, -0.2) is 23.6 Å². The molecule has 1 aromatic heterocycles. The molecule has 11 nitrogen and oxygen atoms in total. The molecule has 14 heteroatoms. The predicted molar refractivity (Wildman–Crippen MR) is 148 cm³/mol. The minimum atomic E-state index is -3.58. The van der Waals surface area contributed by atoms with E-state index in [2.05, 4.69) is 25.4 Å². The molecule has 2 heterocycles. The third-order valence-electron chi connectivity index (χ3n) is 7.23. The highest BCUT2D eigenvalue weighted by Gasteiger charge is 2.49. The minimum absolute atomic E-state index is 0.0817. The molecule has 1 saturated carbocycles. The van der Waals surface area contributed by atoms with Gasteiger partial charge in [0.15, 0.2) is 5.82 Å². The zero-order valence-electron chi connectivity index (χ0n) is 21.5. The first-order valence-corrected chi connectivity index (χ1v) is 15.4. The molecule has 0 saturated heterocycles. The molecule has 40 heavy (non-hydrogen) atoms. The van der Waals surface area contributed by atoms with E-state index in [0.717, 1.165) is 19.1 Å². The molecule has 1 aliphatic heterocycles. The molecule has 1 unspecified atom stereocenters. The molecule has 2 amide bonds. The summed E-state index contributed by atoms with van der Waals surface area (Å²) in [6, 6.07) is 9.82. The number of carbonyl (C=O) groups excluding carboxylic acids is 2. The van der Waals surface area contributed by atoms with Gasteiger partial charge >= 0.3 is 0 Å². The van der Waals surface area contributed by atoms with E-state index >= 15 is 0 Å². The van der Waals surface area contributed by atoms with Crippen LogP contribution in [0.1, 0.15) is 65.0 Å². The number of H-pyrrole nitrogens is 1. The van der Waals surface area contributed by atoms with Gasteiger partial charge in [-0.2, -0.15) is 5.10 Å². The van der Waals surface area contributed by atoms with Crippen LogP contribution >= 0.6 is 23.2 Å². The average molecular weight is 608 g/mol. The number of nitrogens with one attached hydrogen (secondary N) is 3. The lowest BCUT2D eigenvalue weighted by atomic mass is 9.76. The summed E-state index contributed by atoms with van der Waals surface area (Å²) >= 11 is 12.9. The molecule has 0 radical (unpaired) electrons. The molecule has 212 valence electrons. The number of nitrogens with zero attached hydrogens (tertiary/aromatic N) is 3. The Morgan fingerprint density at radius 2 is 1.93 bits per heavy atom. The van der Waals surface area contributed by atoms with Gasteiger partial charge < -0.3 is 4.90 Å². The maximum atomic E-state index is 14.2. The van der Waals surface area contributed by atoms with Crippen LogP contribution in [0.15, 0.2) is 48.8 Å². The van der Waals surface area contributed by atoms with E-state index in [1.807, 2.05) is 0 Å². The highest BCUT2D eigenvalue weighted by Crippen LogP contribution is 2.47. The van der Waals surface area contributed by atoms with Crippen molar-refractivity contribution in [1.29, 1.82) is 0 Å². The molecule has 2 aliphatic rings. The molecule has 2 aromatic carbocycles. The summed E-state index contributed by atoms with van der Waals surface area (Å²) in [6.07, 6.45) is 5.16. The molecule has 0 spiro atoms.